The molecule has 1 amide bonds. The minimum absolute atomic E-state index is 0.556. The van der Waals surface area contributed by atoms with Gasteiger partial charge in [0.2, 0.25) is 5.91 Å². The van der Waals surface area contributed by atoms with Crippen molar-refractivity contribution < 1.29 is 4.79 Å². The zero-order valence-corrected chi connectivity index (χ0v) is 6.75. The Bertz CT molecular complexity index is 271. The molecule has 0 spiro atoms. The second-order valence-corrected chi connectivity index (χ2v) is 2.65. The van der Waals surface area contributed by atoms with Crippen molar-refractivity contribution >= 4 is 17.5 Å². The largest absolute Gasteiger partial charge is 0.368 e. The number of primary amides is 1. The van der Waals surface area contributed by atoms with Crippen molar-refractivity contribution in [2.75, 3.05) is 0 Å². The van der Waals surface area contributed by atoms with Crippen LogP contribution in [0.1, 0.15) is 10.9 Å². The fraction of sp³-hybridized carbons (Fsp3) is 0.333. The molecule has 1 heterocycles. The molecule has 0 saturated carbocycles. The maximum atomic E-state index is 10.6. The van der Waals surface area contributed by atoms with E-state index in [9.17, 15) is 4.79 Å². The van der Waals surface area contributed by atoms with Gasteiger partial charge in [-0.25, -0.2) is 0 Å². The van der Waals surface area contributed by atoms with E-state index in [-0.39, 0.29) is 0 Å². The lowest BCUT2D eigenvalue weighted by Gasteiger charge is -1.98. The number of aromatic nitrogens is 2. The Morgan fingerprint density at radius 3 is 2.91 bits per heavy atom. The molecule has 1 unspecified atom stereocenters. The second kappa shape index (κ2) is 2.92. The quantitative estimate of drug-likeness (QED) is 0.649. The number of hydrogen-bond acceptors (Lipinski definition) is 2. The van der Waals surface area contributed by atoms with E-state index in [4.69, 9.17) is 17.3 Å². The first-order valence-electron chi connectivity index (χ1n) is 3.03. The standard InChI is InChI=1S/C6H8ClN3O/c1-10-3-4(2-9-10)5(7)6(8)11/h2-3,5H,1H3,(H2,8,11). The van der Waals surface area contributed by atoms with Crippen LogP contribution in [-0.2, 0) is 11.8 Å². The number of amides is 1. The first-order valence-corrected chi connectivity index (χ1v) is 3.47. The van der Waals surface area contributed by atoms with Gasteiger partial charge in [-0.05, 0) is 0 Å². The van der Waals surface area contributed by atoms with Crippen LogP contribution in [-0.4, -0.2) is 15.7 Å². The Labute approximate surface area is 68.9 Å². The Morgan fingerprint density at radius 1 is 1.91 bits per heavy atom. The third kappa shape index (κ3) is 1.71. The second-order valence-electron chi connectivity index (χ2n) is 2.21. The molecule has 0 radical (unpaired) electrons. The minimum Gasteiger partial charge on any atom is -0.368 e. The van der Waals surface area contributed by atoms with Crippen molar-refractivity contribution in [2.45, 2.75) is 5.38 Å². The first kappa shape index (κ1) is 8.07. The molecule has 60 valence electrons. The van der Waals surface area contributed by atoms with Gasteiger partial charge in [0.05, 0.1) is 6.20 Å². The summed E-state index contributed by atoms with van der Waals surface area (Å²) >= 11 is 5.63. The van der Waals surface area contributed by atoms with Gasteiger partial charge in [-0.3, -0.25) is 9.48 Å². The summed E-state index contributed by atoms with van der Waals surface area (Å²) in [6.45, 7) is 0. The van der Waals surface area contributed by atoms with Crippen LogP contribution in [0.3, 0.4) is 0 Å². The normalized spacial score (nSPS) is 12.9. The van der Waals surface area contributed by atoms with Crippen LogP contribution in [0.15, 0.2) is 12.4 Å². The predicted molar refractivity (Wildman–Crippen MR) is 41.0 cm³/mol. The van der Waals surface area contributed by atoms with Crippen LogP contribution in [0.5, 0.6) is 0 Å². The first-order chi connectivity index (χ1) is 5.11. The highest BCUT2D eigenvalue weighted by Gasteiger charge is 2.14. The summed E-state index contributed by atoms with van der Waals surface area (Å²) in [6, 6.07) is 0. The molecule has 0 aromatic carbocycles. The van der Waals surface area contributed by atoms with Gasteiger partial charge >= 0.3 is 0 Å². The molecule has 11 heavy (non-hydrogen) atoms. The van der Waals surface area contributed by atoms with Crippen LogP contribution in [0.4, 0.5) is 0 Å². The summed E-state index contributed by atoms with van der Waals surface area (Å²) in [7, 11) is 1.74. The van der Waals surface area contributed by atoms with E-state index in [0.29, 0.717) is 5.56 Å². The van der Waals surface area contributed by atoms with Gasteiger partial charge in [0, 0.05) is 18.8 Å². The van der Waals surface area contributed by atoms with Gasteiger partial charge in [0.1, 0.15) is 5.38 Å². The number of nitrogens with two attached hydrogens (primary N) is 1. The Morgan fingerprint density at radius 2 is 2.55 bits per heavy atom. The smallest absolute Gasteiger partial charge is 0.240 e. The molecule has 0 saturated heterocycles. The molecule has 0 bridgehead atoms. The van der Waals surface area contributed by atoms with E-state index < -0.39 is 11.3 Å². The molecule has 1 aromatic heterocycles. The third-order valence-electron chi connectivity index (χ3n) is 1.27. The summed E-state index contributed by atoms with van der Waals surface area (Å²) in [4.78, 5) is 10.6. The molecule has 2 N–H and O–H groups in total. The van der Waals surface area contributed by atoms with Crippen LogP contribution < -0.4 is 5.73 Å². The van der Waals surface area contributed by atoms with Crippen molar-refractivity contribution in [3.8, 4) is 0 Å². The Kier molecular flexibility index (Phi) is 2.14. The molecule has 0 aliphatic heterocycles. The maximum Gasteiger partial charge on any atom is 0.240 e. The molecule has 1 rings (SSSR count). The minimum atomic E-state index is -0.774. The molecule has 1 atom stereocenters. The lowest BCUT2D eigenvalue weighted by molar-refractivity contribution is -0.117. The predicted octanol–water partition coefficient (Wildman–Crippen LogP) is 0.185. The van der Waals surface area contributed by atoms with E-state index in [1.807, 2.05) is 0 Å². The fourth-order valence-corrected chi connectivity index (χ4v) is 0.848. The number of hydrogen-bond donors (Lipinski definition) is 1. The molecular formula is C6H8ClN3O. The van der Waals surface area contributed by atoms with Gasteiger partial charge in [0.25, 0.3) is 0 Å². The summed E-state index contributed by atoms with van der Waals surface area (Å²) in [5.74, 6) is -0.556. The molecule has 1 aromatic rings. The van der Waals surface area contributed by atoms with Crippen molar-refractivity contribution in [1.29, 1.82) is 0 Å². The number of rotatable bonds is 2. The number of carbonyl (C=O) groups is 1. The summed E-state index contributed by atoms with van der Waals surface area (Å²) in [5, 5.41) is 3.07. The molecule has 0 aliphatic rings. The Hall–Kier alpha value is -1.03. The van der Waals surface area contributed by atoms with Crippen LogP contribution in [0.2, 0.25) is 0 Å². The average molecular weight is 174 g/mol. The number of alkyl halides is 1. The van der Waals surface area contributed by atoms with E-state index in [0.717, 1.165) is 0 Å². The highest BCUT2D eigenvalue weighted by atomic mass is 35.5. The van der Waals surface area contributed by atoms with Gasteiger partial charge in [-0.1, -0.05) is 0 Å². The molecule has 5 heteroatoms. The van der Waals surface area contributed by atoms with E-state index in [1.54, 1.807) is 17.9 Å². The van der Waals surface area contributed by atoms with E-state index >= 15 is 0 Å². The van der Waals surface area contributed by atoms with E-state index in [2.05, 4.69) is 5.10 Å². The lowest BCUT2D eigenvalue weighted by Crippen LogP contribution is -2.16. The van der Waals surface area contributed by atoms with Crippen molar-refractivity contribution in [3.05, 3.63) is 18.0 Å². The molecule has 4 nitrogen and oxygen atoms in total. The van der Waals surface area contributed by atoms with E-state index in [1.165, 1.54) is 6.20 Å². The highest BCUT2D eigenvalue weighted by Crippen LogP contribution is 2.17. The monoisotopic (exact) mass is 173 g/mol. The maximum absolute atomic E-state index is 10.6. The van der Waals surface area contributed by atoms with Crippen LogP contribution >= 0.6 is 11.6 Å². The topological polar surface area (TPSA) is 60.9 Å². The number of halogens is 1. The van der Waals surface area contributed by atoms with Gasteiger partial charge in [0.15, 0.2) is 0 Å². The number of aryl methyl sites for hydroxylation is 1. The summed E-state index contributed by atoms with van der Waals surface area (Å²) < 4.78 is 1.56. The van der Waals surface area contributed by atoms with Crippen molar-refractivity contribution in [2.24, 2.45) is 12.8 Å². The molecular weight excluding hydrogens is 166 g/mol. The van der Waals surface area contributed by atoms with Crippen LogP contribution in [0.25, 0.3) is 0 Å². The van der Waals surface area contributed by atoms with Gasteiger partial charge in [-0.15, -0.1) is 11.6 Å². The SMILES string of the molecule is Cn1cc(C(Cl)C(N)=O)cn1. The third-order valence-corrected chi connectivity index (χ3v) is 1.73. The van der Waals surface area contributed by atoms with Crippen molar-refractivity contribution in [3.63, 3.8) is 0 Å². The summed E-state index contributed by atoms with van der Waals surface area (Å²) in [5.41, 5.74) is 5.60. The lowest BCUT2D eigenvalue weighted by atomic mass is 10.2. The summed E-state index contributed by atoms with van der Waals surface area (Å²) in [6.07, 6.45) is 3.17. The number of nitrogens with zero attached hydrogens (tertiary/aromatic N) is 2. The van der Waals surface area contributed by atoms with Gasteiger partial charge < -0.3 is 5.73 Å². The molecule has 0 aliphatic carbocycles. The van der Waals surface area contributed by atoms with Crippen LogP contribution in [0, 0.1) is 0 Å². The van der Waals surface area contributed by atoms with Gasteiger partial charge in [-0.2, -0.15) is 5.10 Å². The highest BCUT2D eigenvalue weighted by molar-refractivity contribution is 6.30. The average Bonchev–Trinajstić information content (AvgIpc) is 2.34. The Balaban J connectivity index is 2.84. The number of carbonyl (C=O) groups excluding carboxylic acids is 1. The molecule has 0 fully saturated rings. The zero-order valence-electron chi connectivity index (χ0n) is 5.99. The zero-order chi connectivity index (χ0) is 8.43. The van der Waals surface area contributed by atoms with Crippen molar-refractivity contribution in [1.82, 2.24) is 9.78 Å². The fourth-order valence-electron chi connectivity index (χ4n) is 0.735.